The lowest BCUT2D eigenvalue weighted by atomic mass is 10.2. The number of aliphatic carboxylic acids is 1. The van der Waals surface area contributed by atoms with Gasteiger partial charge in [-0.2, -0.15) is 0 Å². The second-order valence-corrected chi connectivity index (χ2v) is 4.18. The van der Waals surface area contributed by atoms with Crippen LogP contribution in [0.3, 0.4) is 0 Å². The second-order valence-electron chi connectivity index (χ2n) is 3.20. The second kappa shape index (κ2) is 5.12. The van der Waals surface area contributed by atoms with Gasteiger partial charge in [0, 0.05) is 10.9 Å². The number of carboxylic acid groups (broad SMARTS) is 1. The SMILES string of the molecule is CCC(N[C@@H](C)c1cccs1)C(=O)O. The normalized spacial score (nSPS) is 15.0. The summed E-state index contributed by atoms with van der Waals surface area (Å²) in [7, 11) is 0. The van der Waals surface area contributed by atoms with E-state index < -0.39 is 12.0 Å². The Kier molecular flexibility index (Phi) is 4.10. The van der Waals surface area contributed by atoms with Crippen LogP contribution in [0.4, 0.5) is 0 Å². The molecule has 0 saturated heterocycles. The molecule has 0 aliphatic carbocycles. The van der Waals surface area contributed by atoms with Gasteiger partial charge in [-0.05, 0) is 24.8 Å². The molecule has 1 heterocycles. The van der Waals surface area contributed by atoms with E-state index in [1.54, 1.807) is 11.3 Å². The Hall–Kier alpha value is -0.870. The zero-order valence-corrected chi connectivity index (χ0v) is 9.17. The minimum atomic E-state index is -0.782. The van der Waals surface area contributed by atoms with Crippen molar-refractivity contribution in [1.29, 1.82) is 0 Å². The molecule has 1 aromatic rings. The van der Waals surface area contributed by atoms with Crippen LogP contribution >= 0.6 is 11.3 Å². The standard InChI is InChI=1S/C10H15NO2S/c1-3-8(10(12)13)11-7(2)9-5-4-6-14-9/h4-8,11H,3H2,1-2H3,(H,12,13)/t7-,8?/m0/s1. The van der Waals surface area contributed by atoms with Crippen molar-refractivity contribution in [1.82, 2.24) is 5.32 Å². The molecule has 0 aromatic carbocycles. The summed E-state index contributed by atoms with van der Waals surface area (Å²) in [4.78, 5) is 11.9. The van der Waals surface area contributed by atoms with Crippen LogP contribution in [0.2, 0.25) is 0 Å². The molecule has 0 radical (unpaired) electrons. The molecule has 0 aliphatic heterocycles. The smallest absolute Gasteiger partial charge is 0.320 e. The predicted molar refractivity (Wildman–Crippen MR) is 57.6 cm³/mol. The third kappa shape index (κ3) is 2.82. The molecule has 14 heavy (non-hydrogen) atoms. The van der Waals surface area contributed by atoms with Crippen LogP contribution < -0.4 is 5.32 Å². The summed E-state index contributed by atoms with van der Waals surface area (Å²) in [5.74, 6) is -0.782. The number of carboxylic acids is 1. The highest BCUT2D eigenvalue weighted by molar-refractivity contribution is 7.10. The third-order valence-electron chi connectivity index (χ3n) is 2.13. The molecule has 3 nitrogen and oxygen atoms in total. The molecule has 1 aromatic heterocycles. The molecule has 0 amide bonds. The first-order chi connectivity index (χ1) is 6.65. The highest BCUT2D eigenvalue weighted by Gasteiger charge is 2.18. The van der Waals surface area contributed by atoms with Crippen molar-refractivity contribution in [2.45, 2.75) is 32.4 Å². The lowest BCUT2D eigenvalue weighted by Crippen LogP contribution is -2.37. The van der Waals surface area contributed by atoms with Gasteiger partial charge in [0.1, 0.15) is 6.04 Å². The minimum Gasteiger partial charge on any atom is -0.480 e. The van der Waals surface area contributed by atoms with Crippen molar-refractivity contribution in [2.75, 3.05) is 0 Å². The Labute approximate surface area is 87.8 Å². The Morgan fingerprint density at radius 3 is 2.86 bits per heavy atom. The molecular formula is C10H15NO2S. The van der Waals surface area contributed by atoms with Gasteiger partial charge in [-0.25, -0.2) is 0 Å². The Balaban J connectivity index is 2.55. The molecule has 2 N–H and O–H groups in total. The first kappa shape index (κ1) is 11.2. The maximum atomic E-state index is 10.8. The molecule has 1 rings (SSSR count). The average molecular weight is 213 g/mol. The quantitative estimate of drug-likeness (QED) is 0.788. The van der Waals surface area contributed by atoms with E-state index in [1.165, 1.54) is 4.88 Å². The van der Waals surface area contributed by atoms with Crippen LogP contribution in [0.15, 0.2) is 17.5 Å². The van der Waals surface area contributed by atoms with Crippen LogP contribution in [0.5, 0.6) is 0 Å². The predicted octanol–water partition coefficient (Wildman–Crippen LogP) is 2.26. The number of hydrogen-bond acceptors (Lipinski definition) is 3. The fourth-order valence-electron chi connectivity index (χ4n) is 1.29. The summed E-state index contributed by atoms with van der Waals surface area (Å²) < 4.78 is 0. The molecule has 0 aliphatic rings. The zero-order valence-electron chi connectivity index (χ0n) is 8.36. The molecule has 0 bridgehead atoms. The summed E-state index contributed by atoms with van der Waals surface area (Å²) in [5.41, 5.74) is 0. The van der Waals surface area contributed by atoms with Gasteiger partial charge in [-0.15, -0.1) is 11.3 Å². The van der Waals surface area contributed by atoms with Crippen LogP contribution in [0.1, 0.15) is 31.2 Å². The largest absolute Gasteiger partial charge is 0.480 e. The van der Waals surface area contributed by atoms with E-state index in [-0.39, 0.29) is 6.04 Å². The highest BCUT2D eigenvalue weighted by atomic mass is 32.1. The van der Waals surface area contributed by atoms with Gasteiger partial charge in [-0.3, -0.25) is 10.1 Å². The van der Waals surface area contributed by atoms with Gasteiger partial charge in [-0.1, -0.05) is 13.0 Å². The van der Waals surface area contributed by atoms with Crippen molar-refractivity contribution in [3.8, 4) is 0 Å². The fraction of sp³-hybridized carbons (Fsp3) is 0.500. The Bertz CT molecular complexity index is 284. The molecule has 1 unspecified atom stereocenters. The van der Waals surface area contributed by atoms with Crippen molar-refractivity contribution in [2.24, 2.45) is 0 Å². The summed E-state index contributed by atoms with van der Waals surface area (Å²) in [6.07, 6.45) is 0.602. The van der Waals surface area contributed by atoms with Gasteiger partial charge in [0.2, 0.25) is 0 Å². The Morgan fingerprint density at radius 1 is 1.71 bits per heavy atom. The van der Waals surface area contributed by atoms with E-state index in [0.717, 1.165) is 0 Å². The van der Waals surface area contributed by atoms with Gasteiger partial charge in [0.15, 0.2) is 0 Å². The zero-order chi connectivity index (χ0) is 10.6. The fourth-order valence-corrected chi connectivity index (χ4v) is 2.03. The van der Waals surface area contributed by atoms with Crippen LogP contribution in [-0.4, -0.2) is 17.1 Å². The number of thiophene rings is 1. The third-order valence-corrected chi connectivity index (χ3v) is 3.18. The number of hydrogen-bond donors (Lipinski definition) is 2. The molecule has 0 fully saturated rings. The lowest BCUT2D eigenvalue weighted by Gasteiger charge is -2.17. The van der Waals surface area contributed by atoms with Gasteiger partial charge in [0.05, 0.1) is 0 Å². The van der Waals surface area contributed by atoms with Gasteiger partial charge < -0.3 is 5.11 Å². The van der Waals surface area contributed by atoms with E-state index in [2.05, 4.69) is 5.32 Å². The maximum Gasteiger partial charge on any atom is 0.320 e. The number of carbonyl (C=O) groups is 1. The molecule has 4 heteroatoms. The monoisotopic (exact) mass is 213 g/mol. The van der Waals surface area contributed by atoms with Gasteiger partial charge in [0.25, 0.3) is 0 Å². The topological polar surface area (TPSA) is 49.3 Å². The molecule has 2 atom stereocenters. The van der Waals surface area contributed by atoms with E-state index >= 15 is 0 Å². The Morgan fingerprint density at radius 2 is 2.43 bits per heavy atom. The van der Waals surface area contributed by atoms with E-state index in [9.17, 15) is 4.79 Å². The lowest BCUT2D eigenvalue weighted by molar-refractivity contribution is -0.139. The van der Waals surface area contributed by atoms with Crippen LogP contribution in [0, 0.1) is 0 Å². The van der Waals surface area contributed by atoms with Crippen molar-refractivity contribution >= 4 is 17.3 Å². The van der Waals surface area contributed by atoms with Crippen molar-refractivity contribution in [3.63, 3.8) is 0 Å². The molecule has 78 valence electrons. The number of nitrogens with one attached hydrogen (secondary N) is 1. The van der Waals surface area contributed by atoms with Gasteiger partial charge >= 0.3 is 5.97 Å². The first-order valence-corrected chi connectivity index (χ1v) is 5.55. The highest BCUT2D eigenvalue weighted by Crippen LogP contribution is 2.18. The maximum absolute atomic E-state index is 10.8. The average Bonchev–Trinajstić information content (AvgIpc) is 2.65. The van der Waals surface area contributed by atoms with E-state index in [1.807, 2.05) is 31.4 Å². The summed E-state index contributed by atoms with van der Waals surface area (Å²) in [5, 5.41) is 13.9. The molecule has 0 saturated carbocycles. The summed E-state index contributed by atoms with van der Waals surface area (Å²) in [6, 6.07) is 3.64. The van der Waals surface area contributed by atoms with Crippen LogP contribution in [0.25, 0.3) is 0 Å². The summed E-state index contributed by atoms with van der Waals surface area (Å²) in [6.45, 7) is 3.85. The molecular weight excluding hydrogens is 198 g/mol. The van der Waals surface area contributed by atoms with E-state index in [0.29, 0.717) is 6.42 Å². The summed E-state index contributed by atoms with van der Waals surface area (Å²) >= 11 is 1.64. The first-order valence-electron chi connectivity index (χ1n) is 4.67. The number of rotatable bonds is 5. The van der Waals surface area contributed by atoms with E-state index in [4.69, 9.17) is 5.11 Å². The van der Waals surface area contributed by atoms with Crippen LogP contribution in [-0.2, 0) is 4.79 Å². The minimum absolute atomic E-state index is 0.107. The van der Waals surface area contributed by atoms with Crippen molar-refractivity contribution < 1.29 is 9.90 Å². The molecule has 0 spiro atoms. The van der Waals surface area contributed by atoms with Crippen molar-refractivity contribution in [3.05, 3.63) is 22.4 Å².